The number of aryl methyl sites for hydroxylation is 2. The molecule has 108 valence electrons. The van der Waals surface area contributed by atoms with E-state index in [1.807, 2.05) is 0 Å². The number of nitrogens with zero attached hydrogens (tertiary/aromatic N) is 1. The second-order valence-electron chi connectivity index (χ2n) is 6.17. The number of benzene rings is 1. The van der Waals surface area contributed by atoms with Crippen LogP contribution in [0.3, 0.4) is 0 Å². The number of fused-ring (bicyclic) bond motifs is 1. The molecule has 2 aromatic rings. The highest BCUT2D eigenvalue weighted by Gasteiger charge is 2.25. The predicted octanol–water partition coefficient (Wildman–Crippen LogP) is 4.23. The Balaban J connectivity index is 1.96. The molecule has 0 aliphatic carbocycles. The fraction of sp³-hybridized carbons (Fsp3) is 0.471. The van der Waals surface area contributed by atoms with Crippen LogP contribution in [0.1, 0.15) is 38.7 Å². The molecule has 0 fully saturated rings. The Bertz CT molecular complexity index is 610. The normalized spacial score (nSPS) is 11.9. The smallest absolute Gasteiger partial charge is 0.309 e. The van der Waals surface area contributed by atoms with E-state index in [-0.39, 0.29) is 0 Å². The molecular formula is C17H23NO2. The number of carboxylic acid groups (broad SMARTS) is 1. The molecule has 2 rings (SSSR count). The Hall–Kier alpha value is -1.77. The van der Waals surface area contributed by atoms with Crippen molar-refractivity contribution in [1.82, 2.24) is 4.57 Å². The number of carboxylic acids is 1. The van der Waals surface area contributed by atoms with Gasteiger partial charge in [-0.25, -0.2) is 0 Å². The van der Waals surface area contributed by atoms with Gasteiger partial charge < -0.3 is 9.67 Å². The minimum atomic E-state index is -0.709. The van der Waals surface area contributed by atoms with Crippen LogP contribution in [0.5, 0.6) is 0 Å². The van der Waals surface area contributed by atoms with E-state index < -0.39 is 11.4 Å². The molecule has 3 nitrogen and oxygen atoms in total. The Morgan fingerprint density at radius 3 is 2.65 bits per heavy atom. The van der Waals surface area contributed by atoms with Gasteiger partial charge in [0.05, 0.1) is 5.41 Å². The molecule has 0 spiro atoms. The Labute approximate surface area is 120 Å². The number of carbonyl (C=O) groups is 1. The first kappa shape index (κ1) is 14.6. The highest BCUT2D eigenvalue weighted by Crippen LogP contribution is 2.25. The van der Waals surface area contributed by atoms with E-state index in [0.717, 1.165) is 25.8 Å². The van der Waals surface area contributed by atoms with Crippen molar-refractivity contribution in [3.05, 3.63) is 36.0 Å². The van der Waals surface area contributed by atoms with E-state index in [2.05, 4.69) is 42.0 Å². The van der Waals surface area contributed by atoms with Gasteiger partial charge in [0.2, 0.25) is 0 Å². The van der Waals surface area contributed by atoms with Crippen LogP contribution in [-0.4, -0.2) is 15.6 Å². The molecule has 0 atom stereocenters. The quantitative estimate of drug-likeness (QED) is 0.800. The fourth-order valence-electron chi connectivity index (χ4n) is 2.57. The van der Waals surface area contributed by atoms with E-state index in [4.69, 9.17) is 5.11 Å². The van der Waals surface area contributed by atoms with Gasteiger partial charge in [-0.3, -0.25) is 4.79 Å². The van der Waals surface area contributed by atoms with Gasteiger partial charge in [-0.15, -0.1) is 0 Å². The first-order chi connectivity index (χ1) is 9.42. The number of hydrogen-bond acceptors (Lipinski definition) is 1. The summed E-state index contributed by atoms with van der Waals surface area (Å²) in [5, 5.41) is 10.4. The van der Waals surface area contributed by atoms with Gasteiger partial charge in [0, 0.05) is 23.6 Å². The molecule has 1 aromatic heterocycles. The number of unbranched alkanes of at least 4 members (excludes halogenated alkanes) is 1. The van der Waals surface area contributed by atoms with Gasteiger partial charge in [-0.05, 0) is 45.2 Å². The maximum absolute atomic E-state index is 11.1. The average molecular weight is 273 g/mol. The molecular weight excluding hydrogens is 250 g/mol. The molecule has 0 aliphatic rings. The zero-order valence-electron chi connectivity index (χ0n) is 12.5. The Kier molecular flexibility index (Phi) is 4.17. The van der Waals surface area contributed by atoms with Gasteiger partial charge in [-0.1, -0.05) is 24.6 Å². The lowest BCUT2D eigenvalue weighted by Crippen LogP contribution is -2.23. The molecule has 0 saturated heterocycles. The zero-order chi connectivity index (χ0) is 14.8. The number of rotatable bonds is 6. The van der Waals surface area contributed by atoms with Crippen molar-refractivity contribution in [2.24, 2.45) is 5.41 Å². The van der Waals surface area contributed by atoms with Crippen LogP contribution in [0.25, 0.3) is 10.9 Å². The molecule has 0 radical (unpaired) electrons. The lowest BCUT2D eigenvalue weighted by molar-refractivity contribution is -0.147. The Morgan fingerprint density at radius 1 is 1.25 bits per heavy atom. The average Bonchev–Trinajstić information content (AvgIpc) is 2.72. The van der Waals surface area contributed by atoms with Crippen LogP contribution in [0.2, 0.25) is 0 Å². The van der Waals surface area contributed by atoms with Crippen molar-refractivity contribution in [2.45, 2.75) is 46.6 Å². The van der Waals surface area contributed by atoms with Crippen molar-refractivity contribution in [3.63, 3.8) is 0 Å². The van der Waals surface area contributed by atoms with E-state index in [9.17, 15) is 4.79 Å². The summed E-state index contributed by atoms with van der Waals surface area (Å²) < 4.78 is 2.28. The summed E-state index contributed by atoms with van der Waals surface area (Å²) in [7, 11) is 0. The number of aliphatic carboxylic acids is 1. The topological polar surface area (TPSA) is 42.2 Å². The van der Waals surface area contributed by atoms with E-state index >= 15 is 0 Å². The van der Waals surface area contributed by atoms with Crippen molar-refractivity contribution in [1.29, 1.82) is 0 Å². The monoisotopic (exact) mass is 273 g/mol. The third-order valence-electron chi connectivity index (χ3n) is 4.02. The number of para-hydroxylation sites is 1. The van der Waals surface area contributed by atoms with E-state index in [1.165, 1.54) is 16.5 Å². The molecule has 0 saturated carbocycles. The maximum atomic E-state index is 11.1. The molecule has 20 heavy (non-hydrogen) atoms. The SMILES string of the molecule is Cc1cn(CCCCC(C)(C)C(=O)O)c2ccccc12. The summed E-state index contributed by atoms with van der Waals surface area (Å²) in [4.78, 5) is 11.1. The van der Waals surface area contributed by atoms with E-state index in [0.29, 0.717) is 0 Å². The number of hydrogen-bond donors (Lipinski definition) is 1. The summed E-state index contributed by atoms with van der Waals surface area (Å²) in [5.74, 6) is -0.709. The predicted molar refractivity (Wildman–Crippen MR) is 81.9 cm³/mol. The summed E-state index contributed by atoms with van der Waals surface area (Å²) in [5.41, 5.74) is 1.95. The Morgan fingerprint density at radius 2 is 1.95 bits per heavy atom. The van der Waals surface area contributed by atoms with E-state index in [1.54, 1.807) is 13.8 Å². The second kappa shape index (κ2) is 5.70. The fourth-order valence-corrected chi connectivity index (χ4v) is 2.57. The lowest BCUT2D eigenvalue weighted by Gasteiger charge is -2.18. The molecule has 0 amide bonds. The van der Waals surface area contributed by atoms with Crippen LogP contribution in [-0.2, 0) is 11.3 Å². The first-order valence-electron chi connectivity index (χ1n) is 7.20. The zero-order valence-corrected chi connectivity index (χ0v) is 12.5. The lowest BCUT2D eigenvalue weighted by atomic mass is 9.87. The van der Waals surface area contributed by atoms with Crippen LogP contribution in [0.15, 0.2) is 30.5 Å². The third kappa shape index (κ3) is 3.03. The molecule has 0 aliphatic heterocycles. The summed E-state index contributed by atoms with van der Waals surface area (Å²) in [6.07, 6.45) is 4.85. The van der Waals surface area contributed by atoms with Gasteiger partial charge >= 0.3 is 5.97 Å². The van der Waals surface area contributed by atoms with Crippen LogP contribution >= 0.6 is 0 Å². The first-order valence-corrected chi connectivity index (χ1v) is 7.20. The summed E-state index contributed by atoms with van der Waals surface area (Å²) in [6, 6.07) is 8.42. The largest absolute Gasteiger partial charge is 0.481 e. The second-order valence-corrected chi connectivity index (χ2v) is 6.17. The highest BCUT2D eigenvalue weighted by molar-refractivity contribution is 5.83. The molecule has 0 unspecified atom stereocenters. The molecule has 0 bridgehead atoms. The number of aromatic nitrogens is 1. The molecule has 1 heterocycles. The van der Waals surface area contributed by atoms with Crippen LogP contribution in [0.4, 0.5) is 0 Å². The molecule has 1 aromatic carbocycles. The van der Waals surface area contributed by atoms with Gasteiger partial charge in [-0.2, -0.15) is 0 Å². The minimum absolute atomic E-state index is 0.616. The van der Waals surface area contributed by atoms with Crippen molar-refractivity contribution < 1.29 is 9.90 Å². The third-order valence-corrected chi connectivity index (χ3v) is 4.02. The van der Waals surface area contributed by atoms with Gasteiger partial charge in [0.15, 0.2) is 0 Å². The van der Waals surface area contributed by atoms with Crippen molar-refractivity contribution in [2.75, 3.05) is 0 Å². The standard InChI is InChI=1S/C17H23NO2/c1-13-12-18(15-9-5-4-8-14(13)15)11-7-6-10-17(2,3)16(19)20/h4-5,8-9,12H,6-7,10-11H2,1-3H3,(H,19,20). The summed E-state index contributed by atoms with van der Waals surface area (Å²) >= 11 is 0. The highest BCUT2D eigenvalue weighted by atomic mass is 16.4. The summed E-state index contributed by atoms with van der Waals surface area (Å²) in [6.45, 7) is 6.67. The van der Waals surface area contributed by atoms with Gasteiger partial charge in [0.25, 0.3) is 0 Å². The van der Waals surface area contributed by atoms with Gasteiger partial charge in [0.1, 0.15) is 0 Å². The van der Waals surface area contributed by atoms with Crippen molar-refractivity contribution >= 4 is 16.9 Å². The van der Waals surface area contributed by atoms with Crippen LogP contribution in [0, 0.1) is 12.3 Å². The minimum Gasteiger partial charge on any atom is -0.481 e. The van der Waals surface area contributed by atoms with Crippen molar-refractivity contribution in [3.8, 4) is 0 Å². The molecule has 1 N–H and O–H groups in total. The molecule has 3 heteroatoms. The maximum Gasteiger partial charge on any atom is 0.309 e. The van der Waals surface area contributed by atoms with Crippen LogP contribution < -0.4 is 0 Å².